The Morgan fingerprint density at radius 2 is 2.04 bits per heavy atom. The molecule has 1 aliphatic rings. The van der Waals surface area contributed by atoms with Crippen molar-refractivity contribution >= 4 is 11.8 Å². The largest absolute Gasteiger partial charge is 0.465 e. The van der Waals surface area contributed by atoms with Crippen LogP contribution in [-0.4, -0.2) is 30.8 Å². The van der Waals surface area contributed by atoms with E-state index in [9.17, 15) is 9.90 Å². The molecule has 1 aliphatic heterocycles. The normalized spacial score (nSPS) is 17.2. The van der Waals surface area contributed by atoms with E-state index in [1.165, 1.54) is 4.90 Å². The molecule has 1 amide bonds. The number of hydrogen-bond donors (Lipinski definition) is 2. The Kier molecular flexibility index (Phi) is 4.63. The molecule has 1 unspecified atom stereocenters. The van der Waals surface area contributed by atoms with Crippen LogP contribution in [-0.2, 0) is 0 Å². The second-order valence-electron chi connectivity index (χ2n) is 6.14. The fourth-order valence-corrected chi connectivity index (χ4v) is 3.14. The molecule has 0 aromatic heterocycles. The number of rotatable bonds is 4. The SMILES string of the molecule is Cc1ccc(N(CC2CCNC2)C(=O)O)c(-c2ccccc2)c1. The third kappa shape index (κ3) is 3.54. The number of hydrogen-bond acceptors (Lipinski definition) is 2. The van der Waals surface area contributed by atoms with Gasteiger partial charge < -0.3 is 10.4 Å². The van der Waals surface area contributed by atoms with Gasteiger partial charge in [0.1, 0.15) is 0 Å². The summed E-state index contributed by atoms with van der Waals surface area (Å²) >= 11 is 0. The van der Waals surface area contributed by atoms with Gasteiger partial charge in [0.2, 0.25) is 0 Å². The highest BCUT2D eigenvalue weighted by atomic mass is 16.4. The third-order valence-electron chi connectivity index (χ3n) is 4.36. The maximum absolute atomic E-state index is 11.9. The zero-order valence-corrected chi connectivity index (χ0v) is 13.3. The number of nitrogens with zero attached hydrogens (tertiary/aromatic N) is 1. The minimum Gasteiger partial charge on any atom is -0.465 e. The molecule has 1 heterocycles. The van der Waals surface area contributed by atoms with Gasteiger partial charge in [-0.15, -0.1) is 0 Å². The number of nitrogens with one attached hydrogen (secondary N) is 1. The van der Waals surface area contributed by atoms with Crippen LogP contribution in [0.1, 0.15) is 12.0 Å². The van der Waals surface area contributed by atoms with E-state index in [4.69, 9.17) is 0 Å². The van der Waals surface area contributed by atoms with Crippen LogP contribution in [0.25, 0.3) is 11.1 Å². The molecule has 2 aromatic rings. The molecule has 0 radical (unpaired) electrons. The number of aryl methyl sites for hydroxylation is 1. The summed E-state index contributed by atoms with van der Waals surface area (Å²) in [7, 11) is 0. The van der Waals surface area contributed by atoms with Gasteiger partial charge in [-0.05, 0) is 50.0 Å². The number of amides is 1. The van der Waals surface area contributed by atoms with Crippen LogP contribution in [0.15, 0.2) is 48.5 Å². The Morgan fingerprint density at radius 3 is 2.70 bits per heavy atom. The fraction of sp³-hybridized carbons (Fsp3) is 0.316. The first-order valence-corrected chi connectivity index (χ1v) is 8.02. The molecule has 2 aromatic carbocycles. The highest BCUT2D eigenvalue weighted by Crippen LogP contribution is 2.32. The van der Waals surface area contributed by atoms with E-state index in [0.29, 0.717) is 12.5 Å². The van der Waals surface area contributed by atoms with Crippen LogP contribution in [0.2, 0.25) is 0 Å². The van der Waals surface area contributed by atoms with Crippen LogP contribution in [0.4, 0.5) is 10.5 Å². The van der Waals surface area contributed by atoms with E-state index >= 15 is 0 Å². The van der Waals surface area contributed by atoms with Gasteiger partial charge in [0.05, 0.1) is 5.69 Å². The second kappa shape index (κ2) is 6.84. The summed E-state index contributed by atoms with van der Waals surface area (Å²) in [6, 6.07) is 15.9. The van der Waals surface area contributed by atoms with E-state index in [1.807, 2.05) is 49.4 Å². The highest BCUT2D eigenvalue weighted by molar-refractivity contribution is 5.93. The summed E-state index contributed by atoms with van der Waals surface area (Å²) in [4.78, 5) is 13.4. The van der Waals surface area contributed by atoms with Gasteiger partial charge in [0, 0.05) is 12.1 Å². The van der Waals surface area contributed by atoms with E-state index in [-0.39, 0.29) is 0 Å². The lowest BCUT2D eigenvalue weighted by molar-refractivity contribution is 0.200. The van der Waals surface area contributed by atoms with E-state index in [2.05, 4.69) is 11.4 Å². The number of anilines is 1. The molecule has 4 heteroatoms. The quantitative estimate of drug-likeness (QED) is 0.904. The molecular weight excluding hydrogens is 288 g/mol. The summed E-state index contributed by atoms with van der Waals surface area (Å²) in [5.41, 5.74) is 3.91. The first-order chi connectivity index (χ1) is 11.1. The summed E-state index contributed by atoms with van der Waals surface area (Å²) in [6.45, 7) is 4.42. The minimum absolute atomic E-state index is 0.371. The summed E-state index contributed by atoms with van der Waals surface area (Å²) in [6.07, 6.45) is 0.133. The summed E-state index contributed by atoms with van der Waals surface area (Å²) < 4.78 is 0. The number of carboxylic acid groups (broad SMARTS) is 1. The molecule has 1 fully saturated rings. The molecule has 4 nitrogen and oxygen atoms in total. The van der Waals surface area contributed by atoms with Gasteiger partial charge in [0.15, 0.2) is 0 Å². The molecule has 1 saturated heterocycles. The second-order valence-corrected chi connectivity index (χ2v) is 6.14. The molecule has 1 atom stereocenters. The van der Waals surface area contributed by atoms with Crippen molar-refractivity contribution in [3.63, 3.8) is 0 Å². The van der Waals surface area contributed by atoms with Gasteiger partial charge in [-0.3, -0.25) is 4.90 Å². The average molecular weight is 310 g/mol. The van der Waals surface area contributed by atoms with Crippen LogP contribution < -0.4 is 10.2 Å². The van der Waals surface area contributed by atoms with Crippen molar-refractivity contribution in [1.29, 1.82) is 0 Å². The molecular formula is C19H22N2O2. The Bertz CT molecular complexity index is 679. The monoisotopic (exact) mass is 310 g/mol. The van der Waals surface area contributed by atoms with Crippen molar-refractivity contribution in [1.82, 2.24) is 5.32 Å². The van der Waals surface area contributed by atoms with Crippen molar-refractivity contribution in [2.75, 3.05) is 24.5 Å². The van der Waals surface area contributed by atoms with Crippen LogP contribution in [0.5, 0.6) is 0 Å². The molecule has 2 N–H and O–H groups in total. The molecule has 23 heavy (non-hydrogen) atoms. The smallest absolute Gasteiger partial charge is 0.411 e. The molecule has 0 bridgehead atoms. The fourth-order valence-electron chi connectivity index (χ4n) is 3.14. The first-order valence-electron chi connectivity index (χ1n) is 8.02. The molecule has 0 saturated carbocycles. The van der Waals surface area contributed by atoms with Crippen molar-refractivity contribution in [2.45, 2.75) is 13.3 Å². The summed E-state index contributed by atoms with van der Waals surface area (Å²) in [5.74, 6) is 0.371. The van der Waals surface area contributed by atoms with Crippen LogP contribution in [0.3, 0.4) is 0 Å². The van der Waals surface area contributed by atoms with Crippen molar-refractivity contribution in [3.05, 3.63) is 54.1 Å². The number of carbonyl (C=O) groups is 1. The standard InChI is InChI=1S/C19H22N2O2/c1-14-7-8-18(17(11-14)16-5-3-2-4-6-16)21(19(22)23)13-15-9-10-20-12-15/h2-8,11,15,20H,9-10,12-13H2,1H3,(H,22,23). The lowest BCUT2D eigenvalue weighted by Gasteiger charge is -2.25. The molecule has 0 aliphatic carbocycles. The number of benzene rings is 2. The predicted molar refractivity (Wildman–Crippen MR) is 93.0 cm³/mol. The zero-order valence-electron chi connectivity index (χ0n) is 13.3. The summed E-state index contributed by atoms with van der Waals surface area (Å²) in [5, 5.41) is 13.0. The van der Waals surface area contributed by atoms with Crippen LogP contribution in [0, 0.1) is 12.8 Å². The van der Waals surface area contributed by atoms with Gasteiger partial charge in [-0.2, -0.15) is 0 Å². The Labute approximate surface area is 136 Å². The van der Waals surface area contributed by atoms with Crippen molar-refractivity contribution < 1.29 is 9.90 Å². The minimum atomic E-state index is -0.891. The van der Waals surface area contributed by atoms with Crippen LogP contribution >= 0.6 is 0 Å². The molecule has 3 rings (SSSR count). The van der Waals surface area contributed by atoms with E-state index in [1.54, 1.807) is 0 Å². The lowest BCUT2D eigenvalue weighted by Crippen LogP contribution is -2.35. The average Bonchev–Trinajstić information content (AvgIpc) is 3.07. The van der Waals surface area contributed by atoms with E-state index in [0.717, 1.165) is 41.9 Å². The Morgan fingerprint density at radius 1 is 1.26 bits per heavy atom. The molecule has 120 valence electrons. The zero-order chi connectivity index (χ0) is 16.2. The lowest BCUT2D eigenvalue weighted by atomic mass is 9.99. The third-order valence-corrected chi connectivity index (χ3v) is 4.36. The van der Waals surface area contributed by atoms with Gasteiger partial charge in [-0.1, -0.05) is 42.0 Å². The predicted octanol–water partition coefficient (Wildman–Crippen LogP) is 3.76. The highest BCUT2D eigenvalue weighted by Gasteiger charge is 2.24. The maximum atomic E-state index is 11.9. The Hall–Kier alpha value is -2.33. The van der Waals surface area contributed by atoms with Gasteiger partial charge in [-0.25, -0.2) is 4.79 Å². The topological polar surface area (TPSA) is 52.6 Å². The molecule has 0 spiro atoms. The van der Waals surface area contributed by atoms with Crippen molar-refractivity contribution in [2.24, 2.45) is 5.92 Å². The van der Waals surface area contributed by atoms with Gasteiger partial charge >= 0.3 is 6.09 Å². The Balaban J connectivity index is 2.00. The van der Waals surface area contributed by atoms with Gasteiger partial charge in [0.25, 0.3) is 0 Å². The van der Waals surface area contributed by atoms with Crippen molar-refractivity contribution in [3.8, 4) is 11.1 Å². The first kappa shape index (κ1) is 15.6. The maximum Gasteiger partial charge on any atom is 0.411 e. The van der Waals surface area contributed by atoms with E-state index < -0.39 is 6.09 Å².